The van der Waals surface area contributed by atoms with Gasteiger partial charge in [0, 0.05) is 5.69 Å². The topological polar surface area (TPSA) is 39.2 Å². The number of ether oxygens (including phenoxy) is 1. The molecular weight excluding hydrogens is 178 g/mol. The number of hydrogen-bond acceptors (Lipinski definition) is 3. The smallest absolute Gasteiger partial charge is 0.311 e. The van der Waals surface area contributed by atoms with Crippen LogP contribution in [-0.2, 0) is 16.0 Å². The van der Waals surface area contributed by atoms with E-state index in [1.54, 1.807) is 6.92 Å². The van der Waals surface area contributed by atoms with E-state index in [1.165, 1.54) is 0 Å². The molecule has 1 rings (SSSR count). The molecule has 0 aliphatic heterocycles. The summed E-state index contributed by atoms with van der Waals surface area (Å²) < 4.78 is 4.86. The van der Waals surface area contributed by atoms with Crippen LogP contribution in [0.1, 0.15) is 23.9 Å². The van der Waals surface area contributed by atoms with Crippen molar-refractivity contribution in [1.82, 2.24) is 4.98 Å². The second-order valence-electron chi connectivity index (χ2n) is 3.20. The number of esters is 1. The summed E-state index contributed by atoms with van der Waals surface area (Å²) >= 11 is 0. The van der Waals surface area contributed by atoms with Crippen LogP contribution in [-0.4, -0.2) is 17.6 Å². The highest BCUT2D eigenvalue weighted by molar-refractivity contribution is 5.72. The number of nitrogens with zero attached hydrogens (tertiary/aromatic N) is 1. The molecule has 0 radical (unpaired) electrons. The summed E-state index contributed by atoms with van der Waals surface area (Å²) in [6.07, 6.45) is 0.265. The van der Waals surface area contributed by atoms with Gasteiger partial charge in [-0.3, -0.25) is 9.78 Å². The fraction of sp³-hybridized carbons (Fsp3) is 0.455. The molecule has 0 atom stereocenters. The predicted octanol–water partition coefficient (Wildman–Crippen LogP) is 1.80. The summed E-state index contributed by atoms with van der Waals surface area (Å²) in [5.74, 6) is -0.214. The summed E-state index contributed by atoms with van der Waals surface area (Å²) in [5, 5.41) is 0. The number of rotatable bonds is 3. The molecule has 0 N–H and O–H groups in total. The maximum atomic E-state index is 11.2. The average Bonchev–Trinajstić information content (AvgIpc) is 2.12. The highest BCUT2D eigenvalue weighted by Gasteiger charge is 2.07. The minimum Gasteiger partial charge on any atom is -0.466 e. The van der Waals surface area contributed by atoms with Gasteiger partial charge in [0.15, 0.2) is 0 Å². The van der Waals surface area contributed by atoms with Crippen LogP contribution >= 0.6 is 0 Å². The van der Waals surface area contributed by atoms with Gasteiger partial charge in [-0.2, -0.15) is 0 Å². The third kappa shape index (κ3) is 2.83. The number of carbonyl (C=O) groups is 1. The number of pyridine rings is 1. The fourth-order valence-corrected chi connectivity index (χ4v) is 1.21. The largest absolute Gasteiger partial charge is 0.466 e. The Labute approximate surface area is 84.1 Å². The number of aromatic nitrogens is 1. The van der Waals surface area contributed by atoms with Crippen LogP contribution in [0, 0.1) is 13.8 Å². The second-order valence-corrected chi connectivity index (χ2v) is 3.20. The molecule has 0 saturated carbocycles. The molecular formula is C11H15NO2. The molecule has 0 saturated heterocycles. The van der Waals surface area contributed by atoms with Gasteiger partial charge in [0.05, 0.1) is 18.7 Å². The zero-order valence-corrected chi connectivity index (χ0v) is 8.83. The van der Waals surface area contributed by atoms with Crippen molar-refractivity contribution in [2.45, 2.75) is 27.2 Å². The van der Waals surface area contributed by atoms with Crippen LogP contribution in [0.3, 0.4) is 0 Å². The highest BCUT2D eigenvalue weighted by Crippen LogP contribution is 2.07. The highest BCUT2D eigenvalue weighted by atomic mass is 16.5. The Morgan fingerprint density at radius 2 is 2.14 bits per heavy atom. The van der Waals surface area contributed by atoms with E-state index in [0.29, 0.717) is 6.61 Å². The molecule has 0 bridgehead atoms. The van der Waals surface area contributed by atoms with Crippen LogP contribution in [0.4, 0.5) is 0 Å². The zero-order chi connectivity index (χ0) is 10.6. The first-order valence-electron chi connectivity index (χ1n) is 4.72. The van der Waals surface area contributed by atoms with E-state index in [9.17, 15) is 4.79 Å². The summed E-state index contributed by atoms with van der Waals surface area (Å²) in [4.78, 5) is 15.5. The summed E-state index contributed by atoms with van der Waals surface area (Å²) in [5.41, 5.74) is 2.77. The first-order chi connectivity index (χ1) is 6.63. The summed E-state index contributed by atoms with van der Waals surface area (Å²) in [6.45, 7) is 6.08. The van der Waals surface area contributed by atoms with Crippen molar-refractivity contribution in [3.8, 4) is 0 Å². The molecule has 1 heterocycles. The van der Waals surface area contributed by atoms with E-state index >= 15 is 0 Å². The third-order valence-corrected chi connectivity index (χ3v) is 1.96. The van der Waals surface area contributed by atoms with Gasteiger partial charge >= 0.3 is 5.97 Å². The van der Waals surface area contributed by atoms with Crippen LogP contribution in [0.2, 0.25) is 0 Å². The number of carbonyl (C=O) groups excluding carboxylic acids is 1. The molecule has 0 aliphatic carbocycles. The minimum atomic E-state index is -0.214. The van der Waals surface area contributed by atoms with Crippen molar-refractivity contribution >= 4 is 5.97 Å². The molecule has 0 fully saturated rings. The lowest BCUT2D eigenvalue weighted by Gasteiger charge is -2.05. The molecule has 0 amide bonds. The normalized spacial score (nSPS) is 9.93. The quantitative estimate of drug-likeness (QED) is 0.687. The summed E-state index contributed by atoms with van der Waals surface area (Å²) in [6, 6.07) is 3.90. The lowest BCUT2D eigenvalue weighted by molar-refractivity contribution is -0.142. The van der Waals surface area contributed by atoms with Gasteiger partial charge < -0.3 is 4.74 Å². The van der Waals surface area contributed by atoms with Gasteiger partial charge in [-0.05, 0) is 32.4 Å². The Hall–Kier alpha value is -1.38. The van der Waals surface area contributed by atoms with Crippen LogP contribution in [0.25, 0.3) is 0 Å². The molecule has 0 unspecified atom stereocenters. The van der Waals surface area contributed by atoms with Crippen molar-refractivity contribution in [2.75, 3.05) is 6.61 Å². The van der Waals surface area contributed by atoms with Crippen molar-refractivity contribution in [3.63, 3.8) is 0 Å². The maximum absolute atomic E-state index is 11.2. The van der Waals surface area contributed by atoms with E-state index in [-0.39, 0.29) is 12.4 Å². The van der Waals surface area contributed by atoms with Crippen molar-refractivity contribution in [2.24, 2.45) is 0 Å². The molecule has 76 valence electrons. The number of hydrogen-bond donors (Lipinski definition) is 0. The van der Waals surface area contributed by atoms with Gasteiger partial charge in [0.2, 0.25) is 0 Å². The second kappa shape index (κ2) is 4.74. The van der Waals surface area contributed by atoms with Gasteiger partial charge in [-0.25, -0.2) is 0 Å². The average molecular weight is 193 g/mol. The SMILES string of the molecule is CCOC(=O)Cc1nc(C)ccc1C. The number of aryl methyl sites for hydroxylation is 2. The maximum Gasteiger partial charge on any atom is 0.311 e. The van der Waals surface area contributed by atoms with Gasteiger partial charge in [0.1, 0.15) is 0 Å². The Bertz CT molecular complexity index is 334. The van der Waals surface area contributed by atoms with Crippen LogP contribution in [0.15, 0.2) is 12.1 Å². The van der Waals surface area contributed by atoms with Crippen LogP contribution < -0.4 is 0 Å². The van der Waals surface area contributed by atoms with Crippen molar-refractivity contribution in [1.29, 1.82) is 0 Å². The lowest BCUT2D eigenvalue weighted by atomic mass is 10.1. The standard InChI is InChI=1S/C11H15NO2/c1-4-14-11(13)7-10-8(2)5-6-9(3)12-10/h5-6H,4,7H2,1-3H3. The zero-order valence-electron chi connectivity index (χ0n) is 8.83. The molecule has 3 nitrogen and oxygen atoms in total. The molecule has 1 aromatic rings. The third-order valence-electron chi connectivity index (χ3n) is 1.96. The minimum absolute atomic E-state index is 0.214. The van der Waals surface area contributed by atoms with E-state index in [2.05, 4.69) is 4.98 Å². The van der Waals surface area contributed by atoms with Crippen molar-refractivity contribution in [3.05, 3.63) is 29.1 Å². The first-order valence-corrected chi connectivity index (χ1v) is 4.72. The predicted molar refractivity (Wildman–Crippen MR) is 54.0 cm³/mol. The molecule has 1 aromatic heterocycles. The van der Waals surface area contributed by atoms with Gasteiger partial charge in [-0.15, -0.1) is 0 Å². The molecule has 0 spiro atoms. The lowest BCUT2D eigenvalue weighted by Crippen LogP contribution is -2.10. The van der Waals surface area contributed by atoms with E-state index in [4.69, 9.17) is 4.74 Å². The molecule has 0 aliphatic rings. The molecule has 3 heteroatoms. The summed E-state index contributed by atoms with van der Waals surface area (Å²) in [7, 11) is 0. The van der Waals surface area contributed by atoms with Gasteiger partial charge in [-0.1, -0.05) is 6.07 Å². The van der Waals surface area contributed by atoms with Crippen molar-refractivity contribution < 1.29 is 9.53 Å². The Morgan fingerprint density at radius 3 is 2.79 bits per heavy atom. The monoisotopic (exact) mass is 193 g/mol. The molecule has 14 heavy (non-hydrogen) atoms. The Kier molecular flexibility index (Phi) is 3.63. The van der Waals surface area contributed by atoms with E-state index in [1.807, 2.05) is 26.0 Å². The fourth-order valence-electron chi connectivity index (χ4n) is 1.21. The molecule has 0 aromatic carbocycles. The van der Waals surface area contributed by atoms with E-state index < -0.39 is 0 Å². The Balaban J connectivity index is 2.75. The Morgan fingerprint density at radius 1 is 1.43 bits per heavy atom. The van der Waals surface area contributed by atoms with Gasteiger partial charge in [0.25, 0.3) is 0 Å². The van der Waals surface area contributed by atoms with Crippen LogP contribution in [0.5, 0.6) is 0 Å². The van der Waals surface area contributed by atoms with E-state index in [0.717, 1.165) is 17.0 Å². The first kappa shape index (κ1) is 10.7.